The minimum atomic E-state index is -0.450. The summed E-state index contributed by atoms with van der Waals surface area (Å²) < 4.78 is 10.8. The van der Waals surface area contributed by atoms with Gasteiger partial charge >= 0.3 is 6.09 Å². The molecule has 5 heteroatoms. The Hall–Kier alpha value is -1.23. The molecule has 0 saturated heterocycles. The molecular weight excluding hydrogens is 262 g/mol. The van der Waals surface area contributed by atoms with Crippen LogP contribution in [0.1, 0.15) is 0 Å². The molecule has 0 radical (unpaired) electrons. The number of amides is 1. The first kappa shape index (κ1) is 11.8. The Morgan fingerprint density at radius 2 is 2.07 bits per heavy atom. The molecule has 0 aliphatic rings. The van der Waals surface area contributed by atoms with Gasteiger partial charge in [-0.05, 0) is 24.3 Å². The Labute approximate surface area is 96.7 Å². The number of hydrogen-bond acceptors (Lipinski definition) is 3. The Kier molecular flexibility index (Phi) is 4.97. The smallest absolute Gasteiger partial charge is 0.406 e. The molecule has 0 aliphatic heterocycles. The summed E-state index contributed by atoms with van der Waals surface area (Å²) in [5.41, 5.74) is 0. The Balaban J connectivity index is 2.20. The zero-order chi connectivity index (χ0) is 11.1. The average Bonchev–Trinajstić information content (AvgIpc) is 2.26. The highest BCUT2D eigenvalue weighted by Crippen LogP contribution is 2.15. The third-order valence-electron chi connectivity index (χ3n) is 1.64. The van der Waals surface area contributed by atoms with Crippen LogP contribution in [-0.4, -0.2) is 26.4 Å². The van der Waals surface area contributed by atoms with Crippen LogP contribution in [0.15, 0.2) is 28.7 Å². The predicted molar refractivity (Wildman–Crippen MR) is 60.0 cm³/mol. The molecule has 1 aromatic carbocycles. The molecule has 0 saturated carbocycles. The van der Waals surface area contributed by atoms with Gasteiger partial charge in [0, 0.05) is 4.47 Å². The molecule has 1 amide bonds. The fraction of sp³-hybridized carbons (Fsp3) is 0.300. The van der Waals surface area contributed by atoms with Crippen molar-refractivity contribution in [3.63, 3.8) is 0 Å². The molecule has 0 spiro atoms. The maximum absolute atomic E-state index is 10.7. The fourth-order valence-electron chi connectivity index (χ4n) is 0.925. The third-order valence-corrected chi connectivity index (χ3v) is 2.17. The maximum Gasteiger partial charge on any atom is 0.406 e. The number of nitrogens with one attached hydrogen (secondary N) is 1. The van der Waals surface area contributed by atoms with Gasteiger partial charge in [-0.3, -0.25) is 0 Å². The Morgan fingerprint density at radius 1 is 1.40 bits per heavy atom. The van der Waals surface area contributed by atoms with Crippen LogP contribution in [0.25, 0.3) is 0 Å². The second kappa shape index (κ2) is 6.29. The maximum atomic E-state index is 10.7. The van der Waals surface area contributed by atoms with Gasteiger partial charge in [0.1, 0.15) is 12.4 Å². The molecule has 0 heterocycles. The zero-order valence-electron chi connectivity index (χ0n) is 8.33. The third kappa shape index (κ3) is 4.69. The number of rotatable bonds is 4. The van der Waals surface area contributed by atoms with Crippen molar-refractivity contribution >= 4 is 22.0 Å². The first-order valence-electron chi connectivity index (χ1n) is 4.42. The number of methoxy groups -OCH3 is 1. The molecule has 0 fully saturated rings. The molecule has 1 rings (SSSR count). The molecule has 0 aromatic heterocycles. The molecule has 1 N–H and O–H groups in total. The van der Waals surface area contributed by atoms with Crippen LogP contribution in [0.3, 0.4) is 0 Å². The summed E-state index contributed by atoms with van der Waals surface area (Å²) in [6, 6.07) is 7.48. The summed E-state index contributed by atoms with van der Waals surface area (Å²) in [6.45, 7) is 0.833. The standard InChI is InChI=1S/C10H12BrNO3/c1-14-10(13)12-6-7-15-9-4-2-8(11)3-5-9/h2-5H,6-7H2,1H3,(H,12,13). The van der Waals surface area contributed by atoms with Crippen molar-refractivity contribution in [1.29, 1.82) is 0 Å². The van der Waals surface area contributed by atoms with Gasteiger partial charge in [-0.15, -0.1) is 0 Å². The van der Waals surface area contributed by atoms with Gasteiger partial charge in [0.05, 0.1) is 13.7 Å². The zero-order valence-corrected chi connectivity index (χ0v) is 9.91. The number of carbonyl (C=O) groups excluding carboxylic acids is 1. The number of benzene rings is 1. The van der Waals surface area contributed by atoms with Gasteiger partial charge < -0.3 is 14.8 Å². The van der Waals surface area contributed by atoms with Crippen molar-refractivity contribution in [1.82, 2.24) is 5.32 Å². The predicted octanol–water partition coefficient (Wildman–Crippen LogP) is 2.18. The molecule has 0 atom stereocenters. The molecule has 0 unspecified atom stereocenters. The minimum absolute atomic E-state index is 0.413. The summed E-state index contributed by atoms with van der Waals surface area (Å²) >= 11 is 3.33. The number of alkyl carbamates (subject to hydrolysis) is 1. The first-order chi connectivity index (χ1) is 7.22. The van der Waals surface area contributed by atoms with Gasteiger partial charge in [-0.25, -0.2) is 4.79 Å². The molecule has 15 heavy (non-hydrogen) atoms. The van der Waals surface area contributed by atoms with E-state index < -0.39 is 6.09 Å². The summed E-state index contributed by atoms with van der Waals surface area (Å²) in [7, 11) is 1.32. The summed E-state index contributed by atoms with van der Waals surface area (Å²) in [4.78, 5) is 10.7. The van der Waals surface area contributed by atoms with E-state index in [1.54, 1.807) is 0 Å². The van der Waals surface area contributed by atoms with Crippen LogP contribution < -0.4 is 10.1 Å². The number of ether oxygens (including phenoxy) is 2. The van der Waals surface area contributed by atoms with Crippen LogP contribution in [0, 0.1) is 0 Å². The Morgan fingerprint density at radius 3 is 2.67 bits per heavy atom. The van der Waals surface area contributed by atoms with Gasteiger partial charge in [-0.2, -0.15) is 0 Å². The van der Waals surface area contributed by atoms with Gasteiger partial charge in [0.15, 0.2) is 0 Å². The number of hydrogen-bond donors (Lipinski definition) is 1. The van der Waals surface area contributed by atoms with Crippen LogP contribution in [0.5, 0.6) is 5.75 Å². The van der Waals surface area contributed by atoms with E-state index >= 15 is 0 Å². The highest BCUT2D eigenvalue weighted by atomic mass is 79.9. The van der Waals surface area contributed by atoms with Crippen molar-refractivity contribution < 1.29 is 14.3 Å². The van der Waals surface area contributed by atoms with Gasteiger partial charge in [-0.1, -0.05) is 15.9 Å². The quantitative estimate of drug-likeness (QED) is 0.856. The summed E-state index contributed by atoms with van der Waals surface area (Å²) in [5.74, 6) is 0.768. The van der Waals surface area contributed by atoms with E-state index in [9.17, 15) is 4.79 Å². The van der Waals surface area contributed by atoms with Crippen molar-refractivity contribution in [3.05, 3.63) is 28.7 Å². The second-order valence-corrected chi connectivity index (χ2v) is 3.64. The molecule has 1 aromatic rings. The highest BCUT2D eigenvalue weighted by molar-refractivity contribution is 9.10. The monoisotopic (exact) mass is 273 g/mol. The van der Waals surface area contributed by atoms with E-state index in [1.165, 1.54) is 7.11 Å². The van der Waals surface area contributed by atoms with E-state index in [1.807, 2.05) is 24.3 Å². The van der Waals surface area contributed by atoms with Crippen LogP contribution in [0.2, 0.25) is 0 Å². The van der Waals surface area contributed by atoms with E-state index in [0.29, 0.717) is 13.2 Å². The van der Waals surface area contributed by atoms with Crippen LogP contribution in [0.4, 0.5) is 4.79 Å². The van der Waals surface area contributed by atoms with Gasteiger partial charge in [0.2, 0.25) is 0 Å². The van der Waals surface area contributed by atoms with E-state index in [0.717, 1.165) is 10.2 Å². The number of carbonyl (C=O) groups is 1. The highest BCUT2D eigenvalue weighted by Gasteiger charge is 1.97. The lowest BCUT2D eigenvalue weighted by atomic mass is 10.3. The lowest BCUT2D eigenvalue weighted by molar-refractivity contribution is 0.168. The minimum Gasteiger partial charge on any atom is -0.492 e. The topological polar surface area (TPSA) is 47.6 Å². The average molecular weight is 274 g/mol. The SMILES string of the molecule is COC(=O)NCCOc1ccc(Br)cc1. The van der Waals surface area contributed by atoms with Crippen molar-refractivity contribution in [2.75, 3.05) is 20.3 Å². The lowest BCUT2D eigenvalue weighted by Gasteiger charge is -2.06. The fourth-order valence-corrected chi connectivity index (χ4v) is 1.19. The molecule has 4 nitrogen and oxygen atoms in total. The molecule has 0 bridgehead atoms. The number of halogens is 1. The van der Waals surface area contributed by atoms with Crippen molar-refractivity contribution in [2.45, 2.75) is 0 Å². The molecule has 0 aliphatic carbocycles. The van der Waals surface area contributed by atoms with Crippen molar-refractivity contribution in [2.24, 2.45) is 0 Å². The second-order valence-electron chi connectivity index (χ2n) is 2.72. The van der Waals surface area contributed by atoms with Crippen LogP contribution in [-0.2, 0) is 4.74 Å². The lowest BCUT2D eigenvalue weighted by Crippen LogP contribution is -2.27. The summed E-state index contributed by atoms with van der Waals surface area (Å²) in [5, 5.41) is 2.52. The molecular formula is C10H12BrNO3. The van der Waals surface area contributed by atoms with Crippen molar-refractivity contribution in [3.8, 4) is 5.75 Å². The largest absolute Gasteiger partial charge is 0.492 e. The van der Waals surface area contributed by atoms with Gasteiger partial charge in [0.25, 0.3) is 0 Å². The van der Waals surface area contributed by atoms with E-state index in [-0.39, 0.29) is 0 Å². The van der Waals surface area contributed by atoms with Crippen LogP contribution >= 0.6 is 15.9 Å². The first-order valence-corrected chi connectivity index (χ1v) is 5.22. The van der Waals surface area contributed by atoms with E-state index in [2.05, 4.69) is 26.0 Å². The summed E-state index contributed by atoms with van der Waals surface area (Å²) in [6.07, 6.45) is -0.450. The molecule has 82 valence electrons. The Bertz CT molecular complexity index is 313. The van der Waals surface area contributed by atoms with E-state index in [4.69, 9.17) is 4.74 Å². The normalized spacial score (nSPS) is 9.47.